The normalized spacial score (nSPS) is 11.6. The van der Waals surface area contributed by atoms with Gasteiger partial charge in [-0.2, -0.15) is 0 Å². The molecule has 4 rings (SSSR count). The summed E-state index contributed by atoms with van der Waals surface area (Å²) < 4.78 is 6.69. The molecule has 0 fully saturated rings. The van der Waals surface area contributed by atoms with E-state index in [9.17, 15) is 4.79 Å². The molecule has 3 aromatic carbocycles. The molecule has 0 spiro atoms. The predicted molar refractivity (Wildman–Crippen MR) is 188 cm³/mol. The fourth-order valence-corrected chi connectivity index (χ4v) is 4.53. The van der Waals surface area contributed by atoms with Gasteiger partial charge in [-0.15, -0.1) is 0 Å². The third kappa shape index (κ3) is 10.4. The van der Waals surface area contributed by atoms with Crippen molar-refractivity contribution in [1.82, 2.24) is 5.32 Å². The number of allylic oxidation sites excluding steroid dienone is 1. The Kier molecular flexibility index (Phi) is 14.1. The van der Waals surface area contributed by atoms with Crippen LogP contribution in [0, 0.1) is 71.1 Å². The zero-order valence-corrected chi connectivity index (χ0v) is 26.3. The first-order valence-electron chi connectivity index (χ1n) is 14.5. The second-order valence-electron chi connectivity index (χ2n) is 9.61. The first-order valence-corrected chi connectivity index (χ1v) is 14.5. The molecule has 3 aromatic rings. The van der Waals surface area contributed by atoms with Crippen LogP contribution in [0.3, 0.4) is 0 Å². The molecule has 0 unspecified atom stereocenters. The molecule has 0 radical (unpaired) electrons. The van der Waals surface area contributed by atoms with Gasteiger partial charge in [-0.1, -0.05) is 102 Å². The van der Waals surface area contributed by atoms with E-state index >= 15 is 0 Å². The van der Waals surface area contributed by atoms with Gasteiger partial charge in [-0.25, -0.2) is 0 Å². The number of Topliss-reactive ketones (excluding diaryl/α,β-unsaturated/α-hetero) is 1. The molecule has 1 aliphatic rings. The van der Waals surface area contributed by atoms with Gasteiger partial charge in [0.15, 0.2) is 11.7 Å². The Hall–Kier alpha value is -6.37. The Morgan fingerprint density at radius 2 is 1.30 bits per heavy atom. The maximum atomic E-state index is 12.5. The molecule has 220 valence electrons. The smallest absolute Gasteiger partial charge is 0.507 e. The minimum Gasteiger partial charge on any atom is -0.638 e. The monoisotopic (exact) mass is 595 g/mol. The number of benzene rings is 3. The zero-order chi connectivity index (χ0) is 32.9. The number of nitrogens with one attached hydrogen (secondary N) is 2. The molecule has 0 bridgehead atoms. The van der Waals surface area contributed by atoms with Gasteiger partial charge in [0, 0.05) is 13.5 Å². The summed E-state index contributed by atoms with van der Waals surface area (Å²) in [7, 11) is 1.36. The SMILES string of the molecule is CC#CC#CC#CB=NC#CC#CC#CC.CC(=O)C1=C(NCc2ccccc2)O[B-](c2ccccc2)(c2ccccc2)[NH+]=C1C. The van der Waals surface area contributed by atoms with Gasteiger partial charge in [0.25, 0.3) is 0 Å². The number of ketones is 1. The van der Waals surface area contributed by atoms with Crippen molar-refractivity contribution in [1.29, 1.82) is 0 Å². The van der Waals surface area contributed by atoms with Crippen LogP contribution in [0.2, 0.25) is 0 Å². The zero-order valence-electron chi connectivity index (χ0n) is 26.3. The van der Waals surface area contributed by atoms with Gasteiger partial charge in [0.2, 0.25) is 0 Å². The van der Waals surface area contributed by atoms with E-state index in [-0.39, 0.29) is 5.78 Å². The third-order valence-corrected chi connectivity index (χ3v) is 6.45. The number of carbonyl (C=O) groups excluding carboxylic acids is 1. The number of rotatable bonds is 6. The molecule has 0 saturated carbocycles. The van der Waals surface area contributed by atoms with Crippen LogP contribution < -0.4 is 21.1 Å². The predicted octanol–water partition coefficient (Wildman–Crippen LogP) is 2.25. The molecule has 5 nitrogen and oxygen atoms in total. The summed E-state index contributed by atoms with van der Waals surface area (Å²) >= 11 is 0. The summed E-state index contributed by atoms with van der Waals surface area (Å²) in [5.74, 6) is 28.6. The van der Waals surface area contributed by atoms with Crippen LogP contribution in [0.1, 0.15) is 33.3 Å². The molecule has 46 heavy (non-hydrogen) atoms. The van der Waals surface area contributed by atoms with Crippen LogP contribution in [0.4, 0.5) is 0 Å². The van der Waals surface area contributed by atoms with Crippen molar-refractivity contribution in [2.75, 3.05) is 0 Å². The molecule has 0 aliphatic carbocycles. The summed E-state index contributed by atoms with van der Waals surface area (Å²) in [6.45, 7) is 5.69. The Morgan fingerprint density at radius 1 is 0.783 bits per heavy atom. The van der Waals surface area contributed by atoms with E-state index in [1.807, 2.05) is 73.7 Å². The molecule has 0 amide bonds. The topological polar surface area (TPSA) is 64.7 Å². The number of hydrogen-bond donors (Lipinski definition) is 2. The maximum absolute atomic E-state index is 12.5. The minimum atomic E-state index is -1.80. The summed E-state index contributed by atoms with van der Waals surface area (Å²) in [5, 5.41) is 3.39. The van der Waals surface area contributed by atoms with E-state index in [0.717, 1.165) is 22.2 Å². The van der Waals surface area contributed by atoms with Gasteiger partial charge in [0.1, 0.15) is 11.3 Å². The fourth-order valence-electron chi connectivity index (χ4n) is 4.53. The van der Waals surface area contributed by atoms with E-state index in [1.54, 1.807) is 20.8 Å². The van der Waals surface area contributed by atoms with Crippen LogP contribution in [-0.2, 0) is 16.0 Å². The number of hydrogen-bond acceptors (Lipinski definition) is 4. The molecular formula is C39H31B2N3O2. The summed E-state index contributed by atoms with van der Waals surface area (Å²) in [4.78, 5) is 19.7. The van der Waals surface area contributed by atoms with Crippen molar-refractivity contribution in [2.45, 2.75) is 34.2 Å². The van der Waals surface area contributed by atoms with Crippen LogP contribution in [0.15, 0.2) is 107 Å². The average molecular weight is 595 g/mol. The Balaban J connectivity index is 0.000000307. The first kappa shape index (κ1) is 34.1. The van der Waals surface area contributed by atoms with Crippen molar-refractivity contribution in [2.24, 2.45) is 4.90 Å². The Bertz CT molecular complexity index is 1900. The van der Waals surface area contributed by atoms with Gasteiger partial charge in [0.05, 0.1) is 0 Å². The third-order valence-electron chi connectivity index (χ3n) is 6.45. The number of nitrogens with zero attached hydrogens (tertiary/aromatic N) is 1. The van der Waals surface area contributed by atoms with Gasteiger partial charge >= 0.3 is 103 Å². The van der Waals surface area contributed by atoms with Crippen LogP contribution in [0.25, 0.3) is 0 Å². The van der Waals surface area contributed by atoms with Crippen molar-refractivity contribution in [3.8, 4) is 71.1 Å². The molecule has 0 aromatic heterocycles. The second-order valence-corrected chi connectivity index (χ2v) is 9.61. The molecule has 0 saturated heterocycles. The number of carbonyl (C=O) groups is 1. The fraction of sp³-hybridized carbons (Fsp3) is 0.128. The van der Waals surface area contributed by atoms with E-state index < -0.39 is 6.48 Å². The maximum Gasteiger partial charge on any atom is 0.507 e. The molecular weight excluding hydrogens is 564 g/mol. The van der Waals surface area contributed by atoms with Crippen molar-refractivity contribution < 1.29 is 14.4 Å². The Labute approximate surface area is 273 Å². The van der Waals surface area contributed by atoms with Crippen molar-refractivity contribution in [3.05, 3.63) is 108 Å². The largest absolute Gasteiger partial charge is 0.638 e. The molecule has 1 heterocycles. The van der Waals surface area contributed by atoms with E-state index in [2.05, 4.69) is 110 Å². The molecule has 0 atom stereocenters. The van der Waals surface area contributed by atoms with E-state index in [1.165, 1.54) is 7.07 Å². The van der Waals surface area contributed by atoms with E-state index in [4.69, 9.17) is 4.65 Å². The van der Waals surface area contributed by atoms with Crippen LogP contribution >= 0.6 is 0 Å². The van der Waals surface area contributed by atoms with Gasteiger partial charge in [-0.05, 0) is 12.5 Å². The molecule has 1 aliphatic heterocycles. The Morgan fingerprint density at radius 3 is 1.85 bits per heavy atom. The standard InChI is InChI=1S/C25H25BN2O2.C14H6BN/c1-19-24(20(2)29)25(27-18-21-12-6-3-7-13-21)30-26(28-19,22-14-8-4-9-15-22)23-16-10-5-11-17-23;1-3-5-7-9-11-13-15-16-14-12-10-8-6-4-2/h3-17,27-28H,18H2,1-2H3;1-2H3. The van der Waals surface area contributed by atoms with Crippen LogP contribution in [0.5, 0.6) is 0 Å². The molecule has 2 N–H and O–H groups in total. The van der Waals surface area contributed by atoms with Gasteiger partial charge in [-0.3, -0.25) is 4.79 Å². The van der Waals surface area contributed by atoms with Crippen LogP contribution in [-0.4, -0.2) is 25.1 Å². The summed E-state index contributed by atoms with van der Waals surface area (Å²) in [6.07, 6.45) is 0. The quantitative estimate of drug-likeness (QED) is 0.340. The summed E-state index contributed by atoms with van der Waals surface area (Å²) in [6, 6.07) is 32.7. The van der Waals surface area contributed by atoms with E-state index in [0.29, 0.717) is 18.0 Å². The minimum absolute atomic E-state index is 0.0407. The second kappa shape index (κ2) is 19.0. The van der Waals surface area contributed by atoms with Crippen molar-refractivity contribution in [3.63, 3.8) is 0 Å². The first-order chi connectivity index (χ1) is 22.5. The summed E-state index contributed by atoms with van der Waals surface area (Å²) in [5.41, 5.74) is 4.51. The van der Waals surface area contributed by atoms with Crippen molar-refractivity contribution >= 4 is 36.0 Å². The molecule has 7 heteroatoms. The average Bonchev–Trinajstić information content (AvgIpc) is 3.09. The van der Waals surface area contributed by atoms with Gasteiger partial charge < -0.3 is 14.9 Å².